The summed E-state index contributed by atoms with van der Waals surface area (Å²) in [4.78, 5) is 16.1. The zero-order valence-electron chi connectivity index (χ0n) is 25.0. The lowest BCUT2D eigenvalue weighted by Gasteiger charge is -2.50. The number of aromatic nitrogens is 2. The summed E-state index contributed by atoms with van der Waals surface area (Å²) >= 11 is 0. The molecule has 1 aliphatic carbocycles. The van der Waals surface area contributed by atoms with E-state index in [1.807, 2.05) is 0 Å². The number of rotatable bonds is 5. The Balaban J connectivity index is 1.46. The Kier molecular flexibility index (Phi) is 6.22. The molecule has 1 aromatic heterocycles. The smallest absolute Gasteiger partial charge is 0.178 e. The van der Waals surface area contributed by atoms with E-state index in [2.05, 4.69) is 129 Å². The highest BCUT2D eigenvalue weighted by molar-refractivity contribution is 5.86. The molecule has 4 heteroatoms. The number of para-hydroxylation sites is 2. The molecule has 1 saturated carbocycles. The van der Waals surface area contributed by atoms with Crippen molar-refractivity contribution < 1.29 is 0 Å². The van der Waals surface area contributed by atoms with Crippen LogP contribution in [0, 0.1) is 5.41 Å². The van der Waals surface area contributed by atoms with Crippen molar-refractivity contribution in [2.75, 3.05) is 9.80 Å². The van der Waals surface area contributed by atoms with E-state index in [9.17, 15) is 0 Å². The Morgan fingerprint density at radius 3 is 2.07 bits per heavy atom. The van der Waals surface area contributed by atoms with E-state index in [0.29, 0.717) is 0 Å². The van der Waals surface area contributed by atoms with Gasteiger partial charge in [0.25, 0.3) is 0 Å². The summed E-state index contributed by atoms with van der Waals surface area (Å²) < 4.78 is 0. The van der Waals surface area contributed by atoms with Crippen LogP contribution in [0.1, 0.15) is 83.0 Å². The summed E-state index contributed by atoms with van der Waals surface area (Å²) in [6.07, 6.45) is 10.2. The third-order valence-corrected chi connectivity index (χ3v) is 11.3. The molecule has 0 radical (unpaired) electrons. The van der Waals surface area contributed by atoms with Gasteiger partial charge in [-0.05, 0) is 61.4 Å². The molecule has 0 amide bonds. The normalized spacial score (nSPS) is 26.3. The van der Waals surface area contributed by atoms with Gasteiger partial charge in [0.15, 0.2) is 11.6 Å². The van der Waals surface area contributed by atoms with E-state index < -0.39 is 0 Å². The van der Waals surface area contributed by atoms with Crippen LogP contribution in [0.4, 0.5) is 23.0 Å². The van der Waals surface area contributed by atoms with Gasteiger partial charge in [-0.2, -0.15) is 0 Å². The molecule has 3 unspecified atom stereocenters. The molecular formula is C37H42N4. The van der Waals surface area contributed by atoms with Gasteiger partial charge in [0.05, 0.1) is 11.9 Å². The molecule has 1 fully saturated rings. The topological polar surface area (TPSA) is 32.3 Å². The van der Waals surface area contributed by atoms with Crippen LogP contribution in [-0.2, 0) is 17.3 Å². The van der Waals surface area contributed by atoms with Crippen molar-refractivity contribution in [2.45, 2.75) is 89.6 Å². The second-order valence-corrected chi connectivity index (χ2v) is 13.0. The van der Waals surface area contributed by atoms with Gasteiger partial charge in [0.2, 0.25) is 0 Å². The zero-order chi connectivity index (χ0) is 28.2. The molecule has 7 rings (SSSR count). The molecule has 2 aliphatic heterocycles. The predicted octanol–water partition coefficient (Wildman–Crippen LogP) is 9.24. The van der Waals surface area contributed by atoms with E-state index >= 15 is 0 Å². The average Bonchev–Trinajstić information content (AvgIpc) is 3.38. The second-order valence-electron chi connectivity index (χ2n) is 13.0. The highest BCUT2D eigenvalue weighted by Crippen LogP contribution is 2.59. The molecule has 0 N–H and O–H groups in total. The molecule has 3 atom stereocenters. The number of anilines is 4. The van der Waals surface area contributed by atoms with Crippen LogP contribution in [-0.4, -0.2) is 16.1 Å². The number of fused-ring (bicyclic) bond motifs is 5. The summed E-state index contributed by atoms with van der Waals surface area (Å²) in [5.41, 5.74) is 6.34. The number of nitrogens with zero attached hydrogens (tertiary/aromatic N) is 4. The van der Waals surface area contributed by atoms with Gasteiger partial charge in [-0.15, -0.1) is 0 Å². The number of benzene rings is 3. The van der Waals surface area contributed by atoms with Crippen LogP contribution in [0.5, 0.6) is 0 Å². The fourth-order valence-corrected chi connectivity index (χ4v) is 8.38. The molecule has 210 valence electrons. The van der Waals surface area contributed by atoms with Gasteiger partial charge in [0, 0.05) is 27.6 Å². The van der Waals surface area contributed by atoms with Gasteiger partial charge in [-0.3, -0.25) is 0 Å². The second kappa shape index (κ2) is 9.72. The molecule has 0 bridgehead atoms. The fraction of sp³-hybridized carbons (Fsp3) is 0.405. The third kappa shape index (κ3) is 3.72. The molecule has 3 aliphatic rings. The lowest BCUT2D eigenvalue weighted by Crippen LogP contribution is -2.55. The summed E-state index contributed by atoms with van der Waals surface area (Å²) in [7, 11) is 0. The monoisotopic (exact) mass is 542 g/mol. The molecule has 41 heavy (non-hydrogen) atoms. The third-order valence-electron chi connectivity index (χ3n) is 11.3. The van der Waals surface area contributed by atoms with Gasteiger partial charge in [-0.25, -0.2) is 9.97 Å². The van der Waals surface area contributed by atoms with Crippen LogP contribution < -0.4 is 9.80 Å². The van der Waals surface area contributed by atoms with E-state index in [1.165, 1.54) is 35.3 Å². The lowest BCUT2D eigenvalue weighted by molar-refractivity contribution is 0.166. The molecule has 0 saturated heterocycles. The largest absolute Gasteiger partial charge is 0.301 e. The molecule has 3 heterocycles. The first kappa shape index (κ1) is 26.3. The van der Waals surface area contributed by atoms with Crippen molar-refractivity contribution in [2.24, 2.45) is 5.41 Å². The Hall–Kier alpha value is -3.66. The van der Waals surface area contributed by atoms with E-state index in [0.717, 1.165) is 49.4 Å². The van der Waals surface area contributed by atoms with Crippen LogP contribution >= 0.6 is 0 Å². The Morgan fingerprint density at radius 2 is 1.37 bits per heavy atom. The quantitative estimate of drug-likeness (QED) is 0.252. The van der Waals surface area contributed by atoms with Crippen molar-refractivity contribution in [3.05, 3.63) is 108 Å². The minimum absolute atomic E-state index is 0.0121. The van der Waals surface area contributed by atoms with E-state index in [-0.39, 0.29) is 22.4 Å². The minimum Gasteiger partial charge on any atom is -0.301 e. The standard InChI is InChI=1S/C37H42N4/c1-5-37(6-2)25-27-17-13-14-22-30(27)41-32-33(40(34(37)41)29-20-11-8-12-21-29)39-31(26-38-32)36(4)24-16-15-23-35(36,3)28-18-9-7-10-19-28/h7-14,17-22,26,34H,5-6,15-16,23-25H2,1-4H3. The minimum atomic E-state index is -0.120. The molecule has 3 aromatic carbocycles. The SMILES string of the molecule is CCC1(CC)Cc2ccccc2N2c3ncc(C4(C)CCCCC4(C)c4ccccc4)nc3N(c3ccccc3)C21. The summed E-state index contributed by atoms with van der Waals surface area (Å²) in [6, 6.07) is 31.0. The van der Waals surface area contributed by atoms with Gasteiger partial charge in [-0.1, -0.05) is 107 Å². The highest BCUT2D eigenvalue weighted by Gasteiger charge is 2.55. The molecule has 4 aromatic rings. The average molecular weight is 543 g/mol. The van der Waals surface area contributed by atoms with Crippen molar-refractivity contribution in [1.82, 2.24) is 9.97 Å². The van der Waals surface area contributed by atoms with Crippen molar-refractivity contribution in [1.29, 1.82) is 0 Å². The zero-order valence-corrected chi connectivity index (χ0v) is 25.0. The molecular weight excluding hydrogens is 500 g/mol. The van der Waals surface area contributed by atoms with Gasteiger partial charge < -0.3 is 9.80 Å². The Morgan fingerprint density at radius 1 is 0.732 bits per heavy atom. The first-order valence-corrected chi connectivity index (χ1v) is 15.6. The number of hydrogen-bond acceptors (Lipinski definition) is 4. The highest BCUT2D eigenvalue weighted by atomic mass is 15.5. The molecule has 0 spiro atoms. The number of hydrogen-bond donors (Lipinski definition) is 0. The first-order valence-electron chi connectivity index (χ1n) is 15.6. The van der Waals surface area contributed by atoms with Crippen LogP contribution in [0.3, 0.4) is 0 Å². The Bertz CT molecular complexity index is 1550. The summed E-state index contributed by atoms with van der Waals surface area (Å²) in [6.45, 7) is 9.64. The maximum atomic E-state index is 5.68. The maximum Gasteiger partial charge on any atom is 0.178 e. The maximum absolute atomic E-state index is 5.68. The summed E-state index contributed by atoms with van der Waals surface area (Å²) in [5, 5.41) is 0. The van der Waals surface area contributed by atoms with E-state index in [1.54, 1.807) is 0 Å². The van der Waals surface area contributed by atoms with Crippen LogP contribution in [0.25, 0.3) is 0 Å². The fourth-order valence-electron chi connectivity index (χ4n) is 8.38. The van der Waals surface area contributed by atoms with Crippen molar-refractivity contribution >= 4 is 23.0 Å². The van der Waals surface area contributed by atoms with Crippen molar-refractivity contribution in [3.8, 4) is 0 Å². The van der Waals surface area contributed by atoms with Gasteiger partial charge in [0.1, 0.15) is 6.17 Å². The van der Waals surface area contributed by atoms with E-state index in [4.69, 9.17) is 9.97 Å². The molecule has 4 nitrogen and oxygen atoms in total. The predicted molar refractivity (Wildman–Crippen MR) is 169 cm³/mol. The van der Waals surface area contributed by atoms with Crippen LogP contribution in [0.2, 0.25) is 0 Å². The first-order chi connectivity index (χ1) is 20.0. The van der Waals surface area contributed by atoms with Gasteiger partial charge >= 0.3 is 0 Å². The Labute approximate surface area is 245 Å². The summed E-state index contributed by atoms with van der Waals surface area (Å²) in [5.74, 6) is 1.99. The lowest BCUT2D eigenvalue weighted by atomic mass is 9.54. The van der Waals surface area contributed by atoms with Crippen LogP contribution in [0.15, 0.2) is 91.1 Å². The van der Waals surface area contributed by atoms with Crippen molar-refractivity contribution in [3.63, 3.8) is 0 Å².